The number of nitrogens with two attached hydrogens (primary N) is 1. The van der Waals surface area contributed by atoms with Gasteiger partial charge in [0.2, 0.25) is 0 Å². The molecule has 88 valence electrons. The highest BCUT2D eigenvalue weighted by Crippen LogP contribution is 2.28. The molecule has 0 saturated carbocycles. The fourth-order valence-corrected chi connectivity index (χ4v) is 2.30. The normalized spacial score (nSPS) is 20.4. The predicted molar refractivity (Wildman–Crippen MR) is 66.5 cm³/mol. The first-order chi connectivity index (χ1) is 7.61. The summed E-state index contributed by atoms with van der Waals surface area (Å²) in [6.45, 7) is 8.35. The van der Waals surface area contributed by atoms with E-state index < -0.39 is 0 Å². The van der Waals surface area contributed by atoms with Crippen LogP contribution in [0.25, 0.3) is 0 Å². The summed E-state index contributed by atoms with van der Waals surface area (Å²) < 4.78 is 0. The third-order valence-electron chi connectivity index (χ3n) is 3.43. The Bertz CT molecular complexity index is 389. The van der Waals surface area contributed by atoms with E-state index in [4.69, 9.17) is 5.73 Å². The van der Waals surface area contributed by atoms with Gasteiger partial charge >= 0.3 is 0 Å². The predicted octanol–water partition coefficient (Wildman–Crippen LogP) is 1.91. The Hall–Kier alpha value is -1.32. The van der Waals surface area contributed by atoms with Gasteiger partial charge in [-0.25, -0.2) is 9.97 Å². The lowest BCUT2D eigenvalue weighted by Gasteiger charge is -2.20. The molecule has 0 aromatic carbocycles. The van der Waals surface area contributed by atoms with E-state index in [-0.39, 0.29) is 0 Å². The monoisotopic (exact) mass is 220 g/mol. The van der Waals surface area contributed by atoms with Gasteiger partial charge in [0.1, 0.15) is 17.5 Å². The zero-order valence-electron chi connectivity index (χ0n) is 10.3. The van der Waals surface area contributed by atoms with Crippen molar-refractivity contribution in [2.45, 2.75) is 33.6 Å². The first-order valence-electron chi connectivity index (χ1n) is 5.97. The number of hydrogen-bond acceptors (Lipinski definition) is 4. The summed E-state index contributed by atoms with van der Waals surface area (Å²) in [6, 6.07) is 0. The molecule has 2 heterocycles. The van der Waals surface area contributed by atoms with Crippen molar-refractivity contribution in [1.29, 1.82) is 0 Å². The topological polar surface area (TPSA) is 55.0 Å². The van der Waals surface area contributed by atoms with E-state index in [1.807, 2.05) is 13.8 Å². The van der Waals surface area contributed by atoms with Gasteiger partial charge in [0.15, 0.2) is 0 Å². The molecule has 1 aliphatic rings. The zero-order valence-corrected chi connectivity index (χ0v) is 10.3. The third-order valence-corrected chi connectivity index (χ3v) is 3.43. The van der Waals surface area contributed by atoms with Gasteiger partial charge < -0.3 is 10.6 Å². The van der Waals surface area contributed by atoms with Crippen LogP contribution in [0.3, 0.4) is 0 Å². The molecule has 16 heavy (non-hydrogen) atoms. The molecule has 0 bridgehead atoms. The zero-order chi connectivity index (χ0) is 11.7. The minimum atomic E-state index is 0.613. The Morgan fingerprint density at radius 2 is 2.12 bits per heavy atom. The maximum atomic E-state index is 5.88. The molecule has 1 saturated heterocycles. The Labute approximate surface area is 96.9 Å². The summed E-state index contributed by atoms with van der Waals surface area (Å²) in [5.41, 5.74) is 6.89. The van der Waals surface area contributed by atoms with Gasteiger partial charge in [-0.3, -0.25) is 0 Å². The van der Waals surface area contributed by atoms with E-state index >= 15 is 0 Å². The highest BCUT2D eigenvalue weighted by molar-refractivity contribution is 5.56. The van der Waals surface area contributed by atoms with Crippen LogP contribution in [0.5, 0.6) is 0 Å². The van der Waals surface area contributed by atoms with Gasteiger partial charge in [0, 0.05) is 18.7 Å². The lowest BCUT2D eigenvalue weighted by molar-refractivity contribution is 0.568. The molecular weight excluding hydrogens is 200 g/mol. The minimum absolute atomic E-state index is 0.613. The second kappa shape index (κ2) is 4.28. The van der Waals surface area contributed by atoms with Crippen LogP contribution >= 0.6 is 0 Å². The van der Waals surface area contributed by atoms with Crippen LogP contribution in [0.2, 0.25) is 0 Å². The average Bonchev–Trinajstić information content (AvgIpc) is 2.71. The highest BCUT2D eigenvalue weighted by Gasteiger charge is 2.24. The molecule has 1 unspecified atom stereocenters. The molecule has 4 nitrogen and oxygen atoms in total. The quantitative estimate of drug-likeness (QED) is 0.827. The van der Waals surface area contributed by atoms with E-state index in [0.717, 1.165) is 36.2 Å². The summed E-state index contributed by atoms with van der Waals surface area (Å²) in [7, 11) is 0. The van der Waals surface area contributed by atoms with Gasteiger partial charge in [-0.15, -0.1) is 0 Å². The Morgan fingerprint density at radius 1 is 1.38 bits per heavy atom. The van der Waals surface area contributed by atoms with Crippen LogP contribution in [0.4, 0.5) is 11.6 Å². The maximum absolute atomic E-state index is 5.88. The molecule has 0 aliphatic carbocycles. The number of rotatable bonds is 2. The SMILES string of the molecule is CCC1CCN(c2nc(C)nc(N)c2C)C1. The van der Waals surface area contributed by atoms with Gasteiger partial charge in [0.05, 0.1) is 0 Å². The third kappa shape index (κ3) is 1.96. The van der Waals surface area contributed by atoms with Crippen LogP contribution < -0.4 is 10.6 Å². The average molecular weight is 220 g/mol. The lowest BCUT2D eigenvalue weighted by atomic mass is 10.1. The molecule has 1 aromatic rings. The van der Waals surface area contributed by atoms with Crippen LogP contribution in [0.15, 0.2) is 0 Å². The van der Waals surface area contributed by atoms with E-state index in [9.17, 15) is 0 Å². The van der Waals surface area contributed by atoms with Crippen LogP contribution in [-0.2, 0) is 0 Å². The smallest absolute Gasteiger partial charge is 0.137 e. The van der Waals surface area contributed by atoms with Gasteiger partial charge in [-0.2, -0.15) is 0 Å². The molecule has 4 heteroatoms. The molecular formula is C12H20N4. The molecule has 2 rings (SSSR count). The number of nitrogens with zero attached hydrogens (tertiary/aromatic N) is 3. The lowest BCUT2D eigenvalue weighted by Crippen LogP contribution is -2.23. The first-order valence-corrected chi connectivity index (χ1v) is 5.97. The van der Waals surface area contributed by atoms with Crippen molar-refractivity contribution in [3.63, 3.8) is 0 Å². The molecule has 1 fully saturated rings. The van der Waals surface area contributed by atoms with E-state index in [1.54, 1.807) is 0 Å². The summed E-state index contributed by atoms with van der Waals surface area (Å²) in [5.74, 6) is 3.21. The molecule has 2 N–H and O–H groups in total. The number of aryl methyl sites for hydroxylation is 1. The fraction of sp³-hybridized carbons (Fsp3) is 0.667. The van der Waals surface area contributed by atoms with Crippen LogP contribution in [0.1, 0.15) is 31.2 Å². The molecule has 0 amide bonds. The highest BCUT2D eigenvalue weighted by atomic mass is 15.2. The summed E-state index contributed by atoms with van der Waals surface area (Å²) >= 11 is 0. The van der Waals surface area contributed by atoms with E-state index in [0.29, 0.717) is 5.82 Å². The molecule has 1 aromatic heterocycles. The maximum Gasteiger partial charge on any atom is 0.137 e. The summed E-state index contributed by atoms with van der Waals surface area (Å²) in [4.78, 5) is 11.0. The van der Waals surface area contributed by atoms with Crippen molar-refractivity contribution in [3.05, 3.63) is 11.4 Å². The number of nitrogen functional groups attached to an aromatic ring is 1. The second-order valence-corrected chi connectivity index (χ2v) is 4.61. The Kier molecular flexibility index (Phi) is 2.99. The molecule has 1 atom stereocenters. The van der Waals surface area contributed by atoms with Gasteiger partial charge in [-0.1, -0.05) is 13.3 Å². The second-order valence-electron chi connectivity index (χ2n) is 4.61. The van der Waals surface area contributed by atoms with Crippen molar-refractivity contribution < 1.29 is 0 Å². The molecule has 0 spiro atoms. The number of anilines is 2. The Balaban J connectivity index is 2.27. The van der Waals surface area contributed by atoms with Crippen molar-refractivity contribution >= 4 is 11.6 Å². The van der Waals surface area contributed by atoms with Crippen molar-refractivity contribution in [1.82, 2.24) is 9.97 Å². The van der Waals surface area contributed by atoms with Gasteiger partial charge in [-0.05, 0) is 26.2 Å². The minimum Gasteiger partial charge on any atom is -0.383 e. The fourth-order valence-electron chi connectivity index (χ4n) is 2.30. The standard InChI is InChI=1S/C12H20N4/c1-4-10-5-6-16(7-10)12-8(2)11(13)14-9(3)15-12/h10H,4-7H2,1-3H3,(H2,13,14,15). The number of aromatic nitrogens is 2. The van der Waals surface area contributed by atoms with Crippen LogP contribution in [-0.4, -0.2) is 23.1 Å². The molecule has 1 aliphatic heterocycles. The van der Waals surface area contributed by atoms with Gasteiger partial charge in [0.25, 0.3) is 0 Å². The number of hydrogen-bond donors (Lipinski definition) is 1. The van der Waals surface area contributed by atoms with Crippen molar-refractivity contribution in [2.75, 3.05) is 23.7 Å². The Morgan fingerprint density at radius 3 is 2.75 bits per heavy atom. The van der Waals surface area contributed by atoms with Crippen molar-refractivity contribution in [2.24, 2.45) is 5.92 Å². The van der Waals surface area contributed by atoms with E-state index in [2.05, 4.69) is 21.8 Å². The summed E-state index contributed by atoms with van der Waals surface area (Å²) in [6.07, 6.45) is 2.51. The van der Waals surface area contributed by atoms with Crippen molar-refractivity contribution in [3.8, 4) is 0 Å². The largest absolute Gasteiger partial charge is 0.383 e. The summed E-state index contributed by atoms with van der Waals surface area (Å²) in [5, 5.41) is 0. The van der Waals surface area contributed by atoms with Crippen LogP contribution in [0, 0.1) is 19.8 Å². The van der Waals surface area contributed by atoms with E-state index in [1.165, 1.54) is 12.8 Å². The molecule has 0 radical (unpaired) electrons. The first kappa shape index (κ1) is 11.2.